The van der Waals surface area contributed by atoms with E-state index < -0.39 is 11.6 Å². The standard InChI is InChI=1S/C21H16Cl2F2N6S/c22-16-3-1-5-18(24)14(16)11-30-8-7-20(29-30)28-21(32)27-13-9-26-31(10-13)12-15-17(23)4-2-6-19(15)25/h1-10H,11-12H2,(H2,27,28,29,32). The third-order valence-corrected chi connectivity index (χ3v) is 5.45. The summed E-state index contributed by atoms with van der Waals surface area (Å²) < 4.78 is 31.0. The lowest BCUT2D eigenvalue weighted by Gasteiger charge is -2.08. The molecule has 0 unspecified atom stereocenters. The highest BCUT2D eigenvalue weighted by Gasteiger charge is 2.11. The summed E-state index contributed by atoms with van der Waals surface area (Å²) in [7, 11) is 0. The number of benzene rings is 2. The monoisotopic (exact) mass is 492 g/mol. The third kappa shape index (κ3) is 5.24. The van der Waals surface area contributed by atoms with Crippen molar-refractivity contribution in [3.63, 3.8) is 0 Å². The predicted octanol–water partition coefficient (Wildman–Crippen LogP) is 5.57. The van der Waals surface area contributed by atoms with Crippen molar-refractivity contribution in [3.05, 3.63) is 93.9 Å². The van der Waals surface area contributed by atoms with Gasteiger partial charge in [0.25, 0.3) is 0 Å². The molecule has 6 nitrogen and oxygen atoms in total. The normalized spacial score (nSPS) is 10.9. The number of rotatable bonds is 6. The van der Waals surface area contributed by atoms with Crippen LogP contribution in [0.15, 0.2) is 61.1 Å². The summed E-state index contributed by atoms with van der Waals surface area (Å²) >= 11 is 17.4. The minimum atomic E-state index is -0.396. The molecular formula is C21H16Cl2F2N6S. The van der Waals surface area contributed by atoms with E-state index in [0.717, 1.165) is 0 Å². The van der Waals surface area contributed by atoms with E-state index in [1.807, 2.05) is 0 Å². The van der Waals surface area contributed by atoms with Crippen molar-refractivity contribution in [1.29, 1.82) is 0 Å². The van der Waals surface area contributed by atoms with Gasteiger partial charge in [-0.25, -0.2) is 8.78 Å². The topological polar surface area (TPSA) is 59.7 Å². The Hall–Kier alpha value is -3.01. The van der Waals surface area contributed by atoms with Crippen LogP contribution in [0.5, 0.6) is 0 Å². The molecule has 2 N–H and O–H groups in total. The number of thiocarbonyl (C=S) groups is 1. The molecule has 0 aliphatic carbocycles. The number of anilines is 2. The highest BCUT2D eigenvalue weighted by Crippen LogP contribution is 2.21. The van der Waals surface area contributed by atoms with Crippen molar-refractivity contribution in [2.75, 3.05) is 10.6 Å². The number of nitrogens with one attached hydrogen (secondary N) is 2. The molecule has 0 amide bonds. The number of nitrogens with zero attached hydrogens (tertiary/aromatic N) is 4. The number of aromatic nitrogens is 4. The van der Waals surface area contributed by atoms with Crippen LogP contribution in [0.1, 0.15) is 11.1 Å². The average molecular weight is 493 g/mol. The van der Waals surface area contributed by atoms with Crippen LogP contribution in [-0.4, -0.2) is 24.7 Å². The SMILES string of the molecule is Fc1cccc(Cl)c1Cn1cc(NC(=S)Nc2ccn(Cc3c(F)cccc3Cl)n2)cn1. The van der Waals surface area contributed by atoms with Crippen LogP contribution in [0.4, 0.5) is 20.3 Å². The lowest BCUT2D eigenvalue weighted by molar-refractivity contribution is 0.585. The fourth-order valence-electron chi connectivity index (χ4n) is 3.00. The van der Waals surface area contributed by atoms with Crippen LogP contribution in [0.25, 0.3) is 0 Å². The molecule has 32 heavy (non-hydrogen) atoms. The van der Waals surface area contributed by atoms with Crippen molar-refractivity contribution in [2.24, 2.45) is 0 Å². The van der Waals surface area contributed by atoms with Crippen molar-refractivity contribution >= 4 is 52.0 Å². The van der Waals surface area contributed by atoms with Gasteiger partial charge < -0.3 is 10.6 Å². The maximum Gasteiger partial charge on any atom is 0.176 e. The Balaban J connectivity index is 1.36. The van der Waals surface area contributed by atoms with Crippen LogP contribution < -0.4 is 10.6 Å². The van der Waals surface area contributed by atoms with Crippen molar-refractivity contribution < 1.29 is 8.78 Å². The molecule has 0 aliphatic heterocycles. The maximum atomic E-state index is 14.0. The van der Waals surface area contributed by atoms with E-state index in [-0.39, 0.29) is 18.2 Å². The van der Waals surface area contributed by atoms with Crippen LogP contribution >= 0.6 is 35.4 Å². The minimum Gasteiger partial charge on any atom is -0.330 e. The summed E-state index contributed by atoms with van der Waals surface area (Å²) in [4.78, 5) is 0. The summed E-state index contributed by atoms with van der Waals surface area (Å²) in [6.45, 7) is 0.356. The first-order valence-electron chi connectivity index (χ1n) is 9.39. The second-order valence-corrected chi connectivity index (χ2v) is 8.03. The third-order valence-electron chi connectivity index (χ3n) is 4.54. The Bertz CT molecular complexity index is 1140. The van der Waals surface area contributed by atoms with Crippen molar-refractivity contribution in [1.82, 2.24) is 19.6 Å². The zero-order valence-electron chi connectivity index (χ0n) is 16.4. The van der Waals surface area contributed by atoms with Crippen LogP contribution in [-0.2, 0) is 13.1 Å². The molecule has 164 valence electrons. The van der Waals surface area contributed by atoms with E-state index in [0.29, 0.717) is 32.7 Å². The van der Waals surface area contributed by atoms with Crippen LogP contribution in [0, 0.1) is 11.6 Å². The van der Waals surface area contributed by atoms with Crippen molar-refractivity contribution in [3.8, 4) is 0 Å². The molecule has 0 fully saturated rings. The first kappa shape index (κ1) is 22.2. The second kappa shape index (κ2) is 9.64. The summed E-state index contributed by atoms with van der Waals surface area (Å²) in [5.41, 5.74) is 1.31. The quantitative estimate of drug-likeness (QED) is 0.344. The van der Waals surface area contributed by atoms with Gasteiger partial charge in [-0.1, -0.05) is 35.3 Å². The first-order chi connectivity index (χ1) is 15.4. The first-order valence-corrected chi connectivity index (χ1v) is 10.5. The highest BCUT2D eigenvalue weighted by atomic mass is 35.5. The van der Waals surface area contributed by atoms with E-state index >= 15 is 0 Å². The fourth-order valence-corrected chi connectivity index (χ4v) is 3.67. The molecule has 2 heterocycles. The molecular weight excluding hydrogens is 477 g/mol. The number of hydrogen-bond donors (Lipinski definition) is 2. The minimum absolute atomic E-state index is 0.177. The second-order valence-electron chi connectivity index (χ2n) is 6.80. The van der Waals surface area contributed by atoms with E-state index in [1.54, 1.807) is 58.3 Å². The molecule has 4 rings (SSSR count). The number of halogens is 4. The Morgan fingerprint density at radius 2 is 1.53 bits per heavy atom. The smallest absolute Gasteiger partial charge is 0.176 e. The van der Waals surface area contributed by atoms with Gasteiger partial charge >= 0.3 is 0 Å². The highest BCUT2D eigenvalue weighted by molar-refractivity contribution is 7.80. The van der Waals surface area contributed by atoms with E-state index in [2.05, 4.69) is 20.8 Å². The average Bonchev–Trinajstić information content (AvgIpc) is 3.37. The van der Waals surface area contributed by atoms with E-state index in [1.165, 1.54) is 12.1 Å². The molecule has 0 saturated carbocycles. The Morgan fingerprint density at radius 1 is 0.906 bits per heavy atom. The zero-order valence-corrected chi connectivity index (χ0v) is 18.7. The fraction of sp³-hybridized carbons (Fsp3) is 0.0952. The molecule has 0 spiro atoms. The van der Waals surface area contributed by atoms with Gasteiger partial charge in [0.15, 0.2) is 10.9 Å². The molecule has 11 heteroatoms. The lowest BCUT2D eigenvalue weighted by Crippen LogP contribution is -2.19. The molecule has 0 atom stereocenters. The molecule has 2 aromatic heterocycles. The van der Waals surface area contributed by atoms with E-state index in [4.69, 9.17) is 35.4 Å². The molecule has 0 aliphatic rings. The van der Waals surface area contributed by atoms with Gasteiger partial charge in [0.2, 0.25) is 0 Å². The van der Waals surface area contributed by atoms with Crippen molar-refractivity contribution in [2.45, 2.75) is 13.1 Å². The number of hydrogen-bond acceptors (Lipinski definition) is 3. The predicted molar refractivity (Wildman–Crippen MR) is 125 cm³/mol. The summed E-state index contributed by atoms with van der Waals surface area (Å²) in [6, 6.07) is 10.8. The summed E-state index contributed by atoms with van der Waals surface area (Å²) in [5, 5.41) is 15.4. The molecule has 0 bridgehead atoms. The molecule has 0 saturated heterocycles. The van der Waals surface area contributed by atoms with Gasteiger partial charge in [-0.05, 0) is 36.5 Å². The van der Waals surface area contributed by atoms with Gasteiger partial charge in [-0.15, -0.1) is 0 Å². The van der Waals surface area contributed by atoms with Gasteiger partial charge in [0, 0.05) is 39.6 Å². The molecule has 0 radical (unpaired) electrons. The summed E-state index contributed by atoms with van der Waals surface area (Å²) in [5.74, 6) is -0.319. The molecule has 4 aromatic rings. The van der Waals surface area contributed by atoms with E-state index in [9.17, 15) is 8.78 Å². The van der Waals surface area contributed by atoms with Crippen LogP contribution in [0.3, 0.4) is 0 Å². The zero-order chi connectivity index (χ0) is 22.7. The van der Waals surface area contributed by atoms with Gasteiger partial charge in [-0.2, -0.15) is 10.2 Å². The van der Waals surface area contributed by atoms with Gasteiger partial charge in [-0.3, -0.25) is 9.36 Å². The Labute approximate surface area is 197 Å². The lowest BCUT2D eigenvalue weighted by atomic mass is 10.2. The summed E-state index contributed by atoms with van der Waals surface area (Å²) in [6.07, 6.45) is 4.92. The maximum absolute atomic E-state index is 14.0. The van der Waals surface area contributed by atoms with Gasteiger partial charge in [0.1, 0.15) is 11.6 Å². The Morgan fingerprint density at radius 3 is 2.16 bits per heavy atom. The Kier molecular flexibility index (Phi) is 6.69. The van der Waals surface area contributed by atoms with Gasteiger partial charge in [0.05, 0.1) is 25.0 Å². The molecule has 2 aromatic carbocycles. The van der Waals surface area contributed by atoms with Crippen LogP contribution in [0.2, 0.25) is 10.0 Å². The largest absolute Gasteiger partial charge is 0.330 e.